The Kier molecular flexibility index (Phi) is 3.06. The number of alkyl halides is 1. The number of nitriles is 1. The summed E-state index contributed by atoms with van der Waals surface area (Å²) in [7, 11) is 0. The van der Waals surface area contributed by atoms with E-state index in [1.165, 1.54) is 0 Å². The largest absolute Gasteiger partial charge is 0.246 e. The third-order valence-electron chi connectivity index (χ3n) is 1.32. The number of pyridine rings is 1. The molecule has 1 aromatic rings. The van der Waals surface area contributed by atoms with E-state index in [4.69, 9.17) is 5.26 Å². The van der Waals surface area contributed by atoms with E-state index in [0.717, 1.165) is 17.3 Å². The molecule has 0 aliphatic heterocycles. The van der Waals surface area contributed by atoms with Crippen LogP contribution >= 0.6 is 15.9 Å². The van der Waals surface area contributed by atoms with Crippen molar-refractivity contribution in [1.29, 1.82) is 5.26 Å². The van der Waals surface area contributed by atoms with Crippen LogP contribution < -0.4 is 0 Å². The van der Waals surface area contributed by atoms with Crippen LogP contribution in [0.25, 0.3) is 0 Å². The molecule has 1 aromatic heterocycles. The molecular weight excluding hydrogens is 204 g/mol. The van der Waals surface area contributed by atoms with Gasteiger partial charge >= 0.3 is 0 Å². The van der Waals surface area contributed by atoms with Gasteiger partial charge in [-0.3, -0.25) is 0 Å². The molecule has 0 atom stereocenters. The minimum Gasteiger partial charge on any atom is -0.246 e. The van der Waals surface area contributed by atoms with Crippen LogP contribution in [0.1, 0.15) is 11.3 Å². The fourth-order valence-electron chi connectivity index (χ4n) is 0.800. The molecule has 0 fully saturated rings. The number of hydrogen-bond donors (Lipinski definition) is 0. The summed E-state index contributed by atoms with van der Waals surface area (Å²) < 4.78 is 0. The van der Waals surface area contributed by atoms with Gasteiger partial charge in [-0.15, -0.1) is 0 Å². The van der Waals surface area contributed by atoms with Crippen molar-refractivity contribution in [3.8, 4) is 6.07 Å². The molecule has 11 heavy (non-hydrogen) atoms. The van der Waals surface area contributed by atoms with Gasteiger partial charge in [0, 0.05) is 11.5 Å². The van der Waals surface area contributed by atoms with Crippen LogP contribution in [0.3, 0.4) is 0 Å². The second-order valence-corrected chi connectivity index (χ2v) is 2.89. The molecule has 0 aromatic carbocycles. The van der Waals surface area contributed by atoms with Crippen LogP contribution in [0.15, 0.2) is 18.3 Å². The summed E-state index contributed by atoms with van der Waals surface area (Å²) in [6.45, 7) is 0. The van der Waals surface area contributed by atoms with Gasteiger partial charge < -0.3 is 0 Å². The van der Waals surface area contributed by atoms with Gasteiger partial charge in [-0.25, -0.2) is 4.98 Å². The summed E-state index contributed by atoms with van der Waals surface area (Å²) in [6.07, 6.45) is 2.60. The first-order valence-corrected chi connectivity index (χ1v) is 4.40. The predicted octanol–water partition coefficient (Wildman–Crippen LogP) is 1.89. The molecule has 0 radical (unpaired) electrons. The van der Waals surface area contributed by atoms with Crippen LogP contribution in [0.4, 0.5) is 0 Å². The van der Waals surface area contributed by atoms with Crippen molar-refractivity contribution >= 4 is 15.9 Å². The average molecular weight is 211 g/mol. The monoisotopic (exact) mass is 210 g/mol. The van der Waals surface area contributed by atoms with E-state index >= 15 is 0 Å². The van der Waals surface area contributed by atoms with E-state index in [1.54, 1.807) is 12.3 Å². The first-order chi connectivity index (χ1) is 5.36. The molecular formula is C8H7BrN2. The van der Waals surface area contributed by atoms with Crippen molar-refractivity contribution in [3.05, 3.63) is 29.6 Å². The molecule has 3 heteroatoms. The highest BCUT2D eigenvalue weighted by molar-refractivity contribution is 9.09. The summed E-state index contributed by atoms with van der Waals surface area (Å²) in [4.78, 5) is 3.86. The summed E-state index contributed by atoms with van der Waals surface area (Å²) in [5.41, 5.74) is 1.64. The van der Waals surface area contributed by atoms with Crippen molar-refractivity contribution in [1.82, 2.24) is 4.98 Å². The van der Waals surface area contributed by atoms with Crippen molar-refractivity contribution in [2.75, 3.05) is 5.33 Å². The SMILES string of the molecule is N#Cc1cc(CCBr)ccn1. The van der Waals surface area contributed by atoms with Gasteiger partial charge in [0.15, 0.2) is 0 Å². The Hall–Kier alpha value is -0.880. The lowest BCUT2D eigenvalue weighted by Crippen LogP contribution is -1.88. The van der Waals surface area contributed by atoms with E-state index in [1.807, 2.05) is 12.1 Å². The molecule has 0 spiro atoms. The lowest BCUT2D eigenvalue weighted by molar-refractivity contribution is 1.13. The Balaban J connectivity index is 2.85. The lowest BCUT2D eigenvalue weighted by atomic mass is 10.2. The fourth-order valence-corrected chi connectivity index (χ4v) is 1.26. The van der Waals surface area contributed by atoms with Gasteiger partial charge in [0.1, 0.15) is 11.8 Å². The fraction of sp³-hybridized carbons (Fsp3) is 0.250. The maximum absolute atomic E-state index is 8.51. The smallest absolute Gasteiger partial charge is 0.140 e. The van der Waals surface area contributed by atoms with E-state index in [0.29, 0.717) is 5.69 Å². The summed E-state index contributed by atoms with van der Waals surface area (Å²) >= 11 is 3.33. The van der Waals surface area contributed by atoms with E-state index in [-0.39, 0.29) is 0 Å². The predicted molar refractivity (Wildman–Crippen MR) is 46.5 cm³/mol. The van der Waals surface area contributed by atoms with Crippen LogP contribution in [-0.2, 0) is 6.42 Å². The van der Waals surface area contributed by atoms with Gasteiger partial charge in [-0.1, -0.05) is 15.9 Å². The second kappa shape index (κ2) is 4.09. The van der Waals surface area contributed by atoms with Gasteiger partial charge in [0.05, 0.1) is 0 Å². The zero-order valence-electron chi connectivity index (χ0n) is 5.92. The number of nitrogens with zero attached hydrogens (tertiary/aromatic N) is 2. The van der Waals surface area contributed by atoms with Crippen LogP contribution in [0, 0.1) is 11.3 Å². The summed E-state index contributed by atoms with van der Waals surface area (Å²) in [5, 5.41) is 9.42. The Morgan fingerprint density at radius 1 is 1.64 bits per heavy atom. The molecule has 0 amide bonds. The standard InChI is InChI=1S/C8H7BrN2/c9-3-1-7-2-4-11-8(5-7)6-10/h2,4-5H,1,3H2. The van der Waals surface area contributed by atoms with Gasteiger partial charge in [0.2, 0.25) is 0 Å². The number of aromatic nitrogens is 1. The minimum absolute atomic E-state index is 0.489. The molecule has 56 valence electrons. The third-order valence-corrected chi connectivity index (χ3v) is 1.72. The van der Waals surface area contributed by atoms with Crippen LogP contribution in [0.5, 0.6) is 0 Å². The zero-order chi connectivity index (χ0) is 8.10. The molecule has 0 aliphatic rings. The number of halogens is 1. The molecule has 0 bridgehead atoms. The molecule has 0 aliphatic carbocycles. The molecule has 0 unspecified atom stereocenters. The van der Waals surface area contributed by atoms with E-state index in [9.17, 15) is 0 Å². The molecule has 1 rings (SSSR count). The second-order valence-electron chi connectivity index (χ2n) is 2.10. The molecule has 1 heterocycles. The van der Waals surface area contributed by atoms with Gasteiger partial charge in [0.25, 0.3) is 0 Å². The molecule has 2 nitrogen and oxygen atoms in total. The highest BCUT2D eigenvalue weighted by Crippen LogP contribution is 2.02. The summed E-state index contributed by atoms with van der Waals surface area (Å²) in [5.74, 6) is 0. The number of hydrogen-bond acceptors (Lipinski definition) is 2. The van der Waals surface area contributed by atoms with Gasteiger partial charge in [-0.05, 0) is 24.1 Å². The number of rotatable bonds is 2. The van der Waals surface area contributed by atoms with E-state index in [2.05, 4.69) is 20.9 Å². The molecule has 0 N–H and O–H groups in total. The highest BCUT2D eigenvalue weighted by atomic mass is 79.9. The Morgan fingerprint density at radius 2 is 2.45 bits per heavy atom. The maximum Gasteiger partial charge on any atom is 0.140 e. The first-order valence-electron chi connectivity index (χ1n) is 3.28. The Bertz CT molecular complexity index is 278. The average Bonchev–Trinajstić information content (AvgIpc) is 2.06. The van der Waals surface area contributed by atoms with Crippen molar-refractivity contribution < 1.29 is 0 Å². The minimum atomic E-state index is 0.489. The van der Waals surface area contributed by atoms with E-state index < -0.39 is 0 Å². The third kappa shape index (κ3) is 2.32. The normalized spacial score (nSPS) is 9.09. The van der Waals surface area contributed by atoms with Crippen LogP contribution in [0.2, 0.25) is 0 Å². The van der Waals surface area contributed by atoms with Crippen molar-refractivity contribution in [2.24, 2.45) is 0 Å². The summed E-state index contributed by atoms with van der Waals surface area (Å²) in [6, 6.07) is 5.72. The van der Waals surface area contributed by atoms with Crippen LogP contribution in [-0.4, -0.2) is 10.3 Å². The topological polar surface area (TPSA) is 36.7 Å². The van der Waals surface area contributed by atoms with Gasteiger partial charge in [-0.2, -0.15) is 5.26 Å². The molecule has 0 saturated heterocycles. The Morgan fingerprint density at radius 3 is 3.09 bits per heavy atom. The van der Waals surface area contributed by atoms with Crippen molar-refractivity contribution in [3.63, 3.8) is 0 Å². The maximum atomic E-state index is 8.51. The van der Waals surface area contributed by atoms with Crippen molar-refractivity contribution in [2.45, 2.75) is 6.42 Å². The molecule has 0 saturated carbocycles. The highest BCUT2D eigenvalue weighted by Gasteiger charge is 1.93. The zero-order valence-corrected chi connectivity index (χ0v) is 7.50. The number of aryl methyl sites for hydroxylation is 1. The first kappa shape index (κ1) is 8.22. The lowest BCUT2D eigenvalue weighted by Gasteiger charge is -1.95. The quantitative estimate of drug-likeness (QED) is 0.700. The Labute approximate surface area is 74.0 Å².